The molecule has 1 atom stereocenters. The molecule has 2 aromatic rings. The number of aromatic nitrogens is 2. The molecule has 0 saturated heterocycles. The number of nitrogens with two attached hydrogens (primary N) is 1. The molecule has 1 heterocycles. The van der Waals surface area contributed by atoms with E-state index in [4.69, 9.17) is 5.73 Å². The van der Waals surface area contributed by atoms with Crippen LogP contribution in [-0.4, -0.2) is 28.0 Å². The minimum Gasteiger partial charge on any atom is -0.395 e. The molecule has 21 heavy (non-hydrogen) atoms. The number of rotatable bonds is 6. The monoisotopic (exact) mass is 287 g/mol. The van der Waals surface area contributed by atoms with Crippen molar-refractivity contribution in [2.45, 2.75) is 32.1 Å². The van der Waals surface area contributed by atoms with Crippen LogP contribution >= 0.6 is 0 Å². The van der Waals surface area contributed by atoms with Gasteiger partial charge in [0.1, 0.15) is 0 Å². The Bertz CT molecular complexity index is 600. The van der Waals surface area contributed by atoms with Crippen LogP contribution in [0.25, 0.3) is 0 Å². The number of hydrogen-bond acceptors (Lipinski definition) is 3. The van der Waals surface area contributed by atoms with Gasteiger partial charge < -0.3 is 10.8 Å². The van der Waals surface area contributed by atoms with Crippen LogP contribution in [0, 0.1) is 6.92 Å². The molecule has 0 amide bonds. The minimum atomic E-state index is -0.454. The molecule has 4 nitrogen and oxygen atoms in total. The van der Waals surface area contributed by atoms with Crippen LogP contribution in [0.2, 0.25) is 0 Å². The summed E-state index contributed by atoms with van der Waals surface area (Å²) in [6, 6.07) is 10.3. The molecular formula is C17H25N3O. The summed E-state index contributed by atoms with van der Waals surface area (Å²) < 4.78 is 1.90. The maximum atomic E-state index is 10.0. The predicted molar refractivity (Wildman–Crippen MR) is 85.3 cm³/mol. The van der Waals surface area contributed by atoms with Crippen LogP contribution < -0.4 is 5.73 Å². The molecule has 0 aliphatic heterocycles. The van der Waals surface area contributed by atoms with Crippen molar-refractivity contribution in [2.24, 2.45) is 12.8 Å². The van der Waals surface area contributed by atoms with E-state index in [1.807, 2.05) is 23.9 Å². The number of benzene rings is 1. The van der Waals surface area contributed by atoms with Crippen LogP contribution in [0.3, 0.4) is 0 Å². The lowest BCUT2D eigenvalue weighted by Crippen LogP contribution is -2.41. The van der Waals surface area contributed by atoms with Gasteiger partial charge in [-0.15, -0.1) is 0 Å². The van der Waals surface area contributed by atoms with Crippen molar-refractivity contribution in [1.82, 2.24) is 9.78 Å². The van der Waals surface area contributed by atoms with Crippen molar-refractivity contribution < 1.29 is 5.11 Å². The van der Waals surface area contributed by atoms with E-state index in [0.717, 1.165) is 23.4 Å². The lowest BCUT2D eigenvalue weighted by atomic mass is 9.77. The number of aliphatic hydroxyl groups is 1. The van der Waals surface area contributed by atoms with Gasteiger partial charge in [0.05, 0.1) is 12.3 Å². The second kappa shape index (κ2) is 6.41. The van der Waals surface area contributed by atoms with Crippen LogP contribution in [-0.2, 0) is 25.3 Å². The van der Waals surface area contributed by atoms with Crippen molar-refractivity contribution in [3.05, 3.63) is 52.8 Å². The SMILES string of the molecule is CCc1cc(CC(CN)(CO)c2cccc(C)c2)n(C)n1. The maximum absolute atomic E-state index is 10.0. The second-order valence-electron chi connectivity index (χ2n) is 5.79. The zero-order valence-corrected chi connectivity index (χ0v) is 13.1. The number of hydrogen-bond donors (Lipinski definition) is 2. The summed E-state index contributed by atoms with van der Waals surface area (Å²) in [6.45, 7) is 4.58. The Morgan fingerprint density at radius 1 is 1.33 bits per heavy atom. The van der Waals surface area contributed by atoms with Crippen LogP contribution in [0.1, 0.15) is 29.4 Å². The molecule has 114 valence electrons. The second-order valence-corrected chi connectivity index (χ2v) is 5.79. The van der Waals surface area contributed by atoms with Crippen LogP contribution in [0.4, 0.5) is 0 Å². The fourth-order valence-electron chi connectivity index (χ4n) is 2.74. The highest BCUT2D eigenvalue weighted by molar-refractivity contribution is 5.32. The summed E-state index contributed by atoms with van der Waals surface area (Å²) >= 11 is 0. The Morgan fingerprint density at radius 3 is 2.62 bits per heavy atom. The fraction of sp³-hybridized carbons (Fsp3) is 0.471. The van der Waals surface area contributed by atoms with E-state index in [1.54, 1.807) is 0 Å². The molecule has 4 heteroatoms. The van der Waals surface area contributed by atoms with Gasteiger partial charge in [-0.2, -0.15) is 5.10 Å². The van der Waals surface area contributed by atoms with Crippen molar-refractivity contribution in [1.29, 1.82) is 0 Å². The van der Waals surface area contributed by atoms with Crippen molar-refractivity contribution in [3.63, 3.8) is 0 Å². The lowest BCUT2D eigenvalue weighted by molar-refractivity contribution is 0.194. The van der Waals surface area contributed by atoms with E-state index in [9.17, 15) is 5.11 Å². The number of aryl methyl sites for hydroxylation is 3. The first kappa shape index (κ1) is 15.7. The van der Waals surface area contributed by atoms with E-state index in [-0.39, 0.29) is 6.61 Å². The fourth-order valence-corrected chi connectivity index (χ4v) is 2.74. The maximum Gasteiger partial charge on any atom is 0.0624 e. The van der Waals surface area contributed by atoms with E-state index in [1.165, 1.54) is 5.56 Å². The summed E-state index contributed by atoms with van der Waals surface area (Å²) in [6.07, 6.45) is 1.60. The van der Waals surface area contributed by atoms with Gasteiger partial charge in [-0.25, -0.2) is 0 Å². The summed E-state index contributed by atoms with van der Waals surface area (Å²) in [5.74, 6) is 0. The van der Waals surface area contributed by atoms with Crippen LogP contribution in [0.5, 0.6) is 0 Å². The third-order valence-corrected chi connectivity index (χ3v) is 4.23. The van der Waals surface area contributed by atoms with Gasteiger partial charge in [-0.05, 0) is 25.0 Å². The van der Waals surface area contributed by atoms with Gasteiger partial charge in [0, 0.05) is 31.1 Å². The molecule has 0 aliphatic rings. The van der Waals surface area contributed by atoms with E-state index in [2.05, 4.69) is 37.1 Å². The average Bonchev–Trinajstić information content (AvgIpc) is 2.85. The first-order chi connectivity index (χ1) is 10.0. The zero-order valence-electron chi connectivity index (χ0n) is 13.1. The Labute approximate surface area is 126 Å². The molecule has 0 bridgehead atoms. The quantitative estimate of drug-likeness (QED) is 0.850. The Hall–Kier alpha value is -1.65. The lowest BCUT2D eigenvalue weighted by Gasteiger charge is -2.31. The van der Waals surface area contributed by atoms with Crippen LogP contribution in [0.15, 0.2) is 30.3 Å². The molecule has 0 fully saturated rings. The number of aliphatic hydroxyl groups excluding tert-OH is 1. The average molecular weight is 287 g/mol. The molecule has 0 saturated carbocycles. The Morgan fingerprint density at radius 2 is 2.10 bits per heavy atom. The third kappa shape index (κ3) is 3.17. The first-order valence-electron chi connectivity index (χ1n) is 7.44. The first-order valence-corrected chi connectivity index (χ1v) is 7.44. The van der Waals surface area contributed by atoms with E-state index in [0.29, 0.717) is 13.0 Å². The molecule has 1 aromatic heterocycles. The van der Waals surface area contributed by atoms with Gasteiger partial charge in [-0.3, -0.25) is 4.68 Å². The van der Waals surface area contributed by atoms with E-state index < -0.39 is 5.41 Å². The highest BCUT2D eigenvalue weighted by atomic mass is 16.3. The third-order valence-electron chi connectivity index (χ3n) is 4.23. The largest absolute Gasteiger partial charge is 0.395 e. The normalized spacial score (nSPS) is 14.1. The summed E-state index contributed by atoms with van der Waals surface area (Å²) in [5, 5.41) is 14.5. The molecule has 1 aromatic carbocycles. The molecule has 0 aliphatic carbocycles. The molecular weight excluding hydrogens is 262 g/mol. The van der Waals surface area contributed by atoms with Gasteiger partial charge in [0.25, 0.3) is 0 Å². The standard InChI is InChI=1S/C17H25N3O/c1-4-15-9-16(20(3)19-15)10-17(11-18,12-21)14-7-5-6-13(2)8-14/h5-9,21H,4,10-12,18H2,1-3H3. The van der Waals surface area contributed by atoms with Gasteiger partial charge in [0.15, 0.2) is 0 Å². The van der Waals surface area contributed by atoms with Gasteiger partial charge in [-0.1, -0.05) is 36.8 Å². The van der Waals surface area contributed by atoms with E-state index >= 15 is 0 Å². The number of nitrogens with zero attached hydrogens (tertiary/aromatic N) is 2. The predicted octanol–water partition coefficient (Wildman–Crippen LogP) is 1.72. The molecule has 2 rings (SSSR count). The van der Waals surface area contributed by atoms with Crippen molar-refractivity contribution in [2.75, 3.05) is 13.2 Å². The van der Waals surface area contributed by atoms with Gasteiger partial charge >= 0.3 is 0 Å². The summed E-state index contributed by atoms with van der Waals surface area (Å²) in [4.78, 5) is 0. The molecule has 1 unspecified atom stereocenters. The Balaban J connectivity index is 2.40. The van der Waals surface area contributed by atoms with Crippen molar-refractivity contribution in [3.8, 4) is 0 Å². The minimum absolute atomic E-state index is 0.0274. The highest BCUT2D eigenvalue weighted by Crippen LogP contribution is 2.28. The zero-order chi connectivity index (χ0) is 15.5. The summed E-state index contributed by atoms with van der Waals surface area (Å²) in [5.41, 5.74) is 10.0. The summed E-state index contributed by atoms with van der Waals surface area (Å²) in [7, 11) is 1.95. The molecule has 0 spiro atoms. The molecule has 3 N–H and O–H groups in total. The smallest absolute Gasteiger partial charge is 0.0624 e. The molecule has 0 radical (unpaired) electrons. The van der Waals surface area contributed by atoms with Gasteiger partial charge in [0.2, 0.25) is 0 Å². The Kier molecular flexibility index (Phi) is 4.80. The highest BCUT2D eigenvalue weighted by Gasteiger charge is 2.32. The van der Waals surface area contributed by atoms with Crippen molar-refractivity contribution >= 4 is 0 Å². The topological polar surface area (TPSA) is 64.1 Å².